The zero-order valence-corrected chi connectivity index (χ0v) is 11.3. The van der Waals surface area contributed by atoms with Gasteiger partial charge in [-0.1, -0.05) is 18.2 Å². The van der Waals surface area contributed by atoms with E-state index in [1.807, 2.05) is 43.3 Å². The molecule has 4 heteroatoms. The van der Waals surface area contributed by atoms with Gasteiger partial charge in [0.2, 0.25) is 5.88 Å². The number of nitrogens with zero attached hydrogens (tertiary/aromatic N) is 1. The largest absolute Gasteiger partial charge is 0.481 e. The lowest BCUT2D eigenvalue weighted by Crippen LogP contribution is -1.94. The number of ether oxygens (including phenoxy) is 1. The molecule has 0 bridgehead atoms. The van der Waals surface area contributed by atoms with Crippen LogP contribution < -0.4 is 10.5 Å². The van der Waals surface area contributed by atoms with E-state index in [1.54, 1.807) is 18.9 Å². The Morgan fingerprint density at radius 1 is 1.22 bits per heavy atom. The number of para-hydroxylation sites is 1. The summed E-state index contributed by atoms with van der Waals surface area (Å²) >= 11 is 1.69. The molecule has 2 aromatic rings. The average Bonchev–Trinajstić information content (AvgIpc) is 2.41. The van der Waals surface area contributed by atoms with E-state index in [9.17, 15) is 0 Å². The van der Waals surface area contributed by atoms with Crippen molar-refractivity contribution in [3.63, 3.8) is 0 Å². The number of thioether (sulfide) groups is 1. The molecule has 2 N–H and O–H groups in total. The number of nitrogen functional groups attached to an aromatic ring is 1. The van der Waals surface area contributed by atoms with E-state index in [4.69, 9.17) is 10.5 Å². The van der Waals surface area contributed by atoms with E-state index in [2.05, 4.69) is 4.98 Å². The first-order valence-electron chi connectivity index (χ1n) is 5.68. The number of hydrogen-bond donors (Lipinski definition) is 1. The van der Waals surface area contributed by atoms with Gasteiger partial charge in [-0.25, -0.2) is 4.98 Å². The molecule has 0 aliphatic rings. The van der Waals surface area contributed by atoms with Crippen molar-refractivity contribution in [1.29, 1.82) is 0 Å². The molecule has 18 heavy (non-hydrogen) atoms. The van der Waals surface area contributed by atoms with Crippen LogP contribution in [0.5, 0.6) is 5.88 Å². The summed E-state index contributed by atoms with van der Waals surface area (Å²) in [6, 6.07) is 11.8. The molecule has 2 rings (SSSR count). The standard InChI is InChI=1S/C14H16N2OS/c1-10-5-3-7-12(14(10)15)18-9-11-6-4-8-13(16-11)17-2/h3-8H,9,15H2,1-2H3. The quantitative estimate of drug-likeness (QED) is 0.677. The second-order valence-corrected chi connectivity index (χ2v) is 4.96. The number of methoxy groups -OCH3 is 1. The van der Waals surface area contributed by atoms with Gasteiger partial charge in [0.05, 0.1) is 12.8 Å². The van der Waals surface area contributed by atoms with E-state index in [0.717, 1.165) is 27.6 Å². The van der Waals surface area contributed by atoms with Crippen LogP contribution >= 0.6 is 11.8 Å². The molecule has 0 aliphatic carbocycles. The molecule has 1 aromatic carbocycles. The summed E-state index contributed by atoms with van der Waals surface area (Å²) < 4.78 is 5.10. The third-order valence-electron chi connectivity index (χ3n) is 2.65. The highest BCUT2D eigenvalue weighted by Crippen LogP contribution is 2.29. The third kappa shape index (κ3) is 2.96. The normalized spacial score (nSPS) is 10.3. The van der Waals surface area contributed by atoms with E-state index in [0.29, 0.717) is 5.88 Å². The van der Waals surface area contributed by atoms with Crippen LogP contribution in [0.15, 0.2) is 41.3 Å². The van der Waals surface area contributed by atoms with Crippen LogP contribution in [-0.4, -0.2) is 12.1 Å². The fraction of sp³-hybridized carbons (Fsp3) is 0.214. The molecular weight excluding hydrogens is 244 g/mol. The van der Waals surface area contributed by atoms with Gasteiger partial charge < -0.3 is 10.5 Å². The van der Waals surface area contributed by atoms with E-state index < -0.39 is 0 Å². The lowest BCUT2D eigenvalue weighted by Gasteiger charge is -2.08. The summed E-state index contributed by atoms with van der Waals surface area (Å²) in [6.45, 7) is 2.02. The Hall–Kier alpha value is -1.68. The number of nitrogens with two attached hydrogens (primary N) is 1. The highest BCUT2D eigenvalue weighted by atomic mass is 32.2. The van der Waals surface area contributed by atoms with Crippen LogP contribution in [0.2, 0.25) is 0 Å². The predicted octanol–water partition coefficient (Wildman–Crippen LogP) is 3.27. The van der Waals surface area contributed by atoms with Crippen molar-refractivity contribution in [1.82, 2.24) is 4.98 Å². The Balaban J connectivity index is 2.09. The number of hydrogen-bond acceptors (Lipinski definition) is 4. The minimum atomic E-state index is 0.644. The number of benzene rings is 1. The summed E-state index contributed by atoms with van der Waals surface area (Å²) in [5, 5.41) is 0. The van der Waals surface area contributed by atoms with E-state index in [1.165, 1.54) is 0 Å². The molecule has 0 saturated carbocycles. The molecular formula is C14H16N2OS. The predicted molar refractivity (Wildman–Crippen MR) is 75.9 cm³/mol. The maximum absolute atomic E-state index is 6.04. The summed E-state index contributed by atoms with van der Waals surface area (Å²) in [4.78, 5) is 5.47. The first-order chi connectivity index (χ1) is 8.70. The summed E-state index contributed by atoms with van der Waals surface area (Å²) in [5.74, 6) is 1.43. The number of anilines is 1. The van der Waals surface area contributed by atoms with Gasteiger partial charge in [-0.2, -0.15) is 0 Å². The van der Waals surface area contributed by atoms with Crippen molar-refractivity contribution in [2.24, 2.45) is 0 Å². The first kappa shape index (κ1) is 12.8. The van der Waals surface area contributed by atoms with E-state index in [-0.39, 0.29) is 0 Å². The monoisotopic (exact) mass is 260 g/mol. The molecule has 0 radical (unpaired) electrons. The van der Waals surface area contributed by atoms with Crippen molar-refractivity contribution in [3.05, 3.63) is 47.7 Å². The number of aryl methyl sites for hydroxylation is 1. The highest BCUT2D eigenvalue weighted by molar-refractivity contribution is 7.98. The summed E-state index contributed by atoms with van der Waals surface area (Å²) in [7, 11) is 1.62. The van der Waals surface area contributed by atoms with Crippen LogP contribution in [0, 0.1) is 6.92 Å². The molecule has 94 valence electrons. The fourth-order valence-corrected chi connectivity index (χ4v) is 2.54. The molecule has 0 saturated heterocycles. The smallest absolute Gasteiger partial charge is 0.213 e. The zero-order chi connectivity index (χ0) is 13.0. The summed E-state index contributed by atoms with van der Waals surface area (Å²) in [6.07, 6.45) is 0. The van der Waals surface area contributed by atoms with Crippen molar-refractivity contribution < 1.29 is 4.74 Å². The Labute approximate surface area is 111 Å². The topological polar surface area (TPSA) is 48.1 Å². The van der Waals surface area contributed by atoms with Gasteiger partial charge >= 0.3 is 0 Å². The molecule has 1 heterocycles. The molecule has 0 atom stereocenters. The van der Waals surface area contributed by atoms with Crippen LogP contribution in [-0.2, 0) is 5.75 Å². The van der Waals surface area contributed by atoms with Crippen molar-refractivity contribution in [2.45, 2.75) is 17.6 Å². The number of pyridine rings is 1. The van der Waals surface area contributed by atoms with Crippen molar-refractivity contribution >= 4 is 17.4 Å². The maximum Gasteiger partial charge on any atom is 0.213 e. The molecule has 0 amide bonds. The lowest BCUT2D eigenvalue weighted by atomic mass is 10.2. The second kappa shape index (κ2) is 5.78. The molecule has 0 spiro atoms. The average molecular weight is 260 g/mol. The van der Waals surface area contributed by atoms with Crippen molar-refractivity contribution in [3.8, 4) is 5.88 Å². The Bertz CT molecular complexity index is 543. The van der Waals surface area contributed by atoms with Gasteiger partial charge in [0.15, 0.2) is 0 Å². The summed E-state index contributed by atoms with van der Waals surface area (Å²) in [5.41, 5.74) is 8.99. The van der Waals surface area contributed by atoms with Crippen molar-refractivity contribution in [2.75, 3.05) is 12.8 Å². The van der Waals surface area contributed by atoms with E-state index >= 15 is 0 Å². The van der Waals surface area contributed by atoms with Gasteiger partial charge in [-0.3, -0.25) is 0 Å². The second-order valence-electron chi connectivity index (χ2n) is 3.95. The van der Waals surface area contributed by atoms with Gasteiger partial charge in [-0.05, 0) is 24.6 Å². The number of aromatic nitrogens is 1. The maximum atomic E-state index is 6.04. The molecule has 0 fully saturated rings. The minimum Gasteiger partial charge on any atom is -0.481 e. The zero-order valence-electron chi connectivity index (χ0n) is 10.5. The Kier molecular flexibility index (Phi) is 4.10. The van der Waals surface area contributed by atoms with Crippen LogP contribution in [0.3, 0.4) is 0 Å². The first-order valence-corrected chi connectivity index (χ1v) is 6.67. The van der Waals surface area contributed by atoms with Crippen LogP contribution in [0.1, 0.15) is 11.3 Å². The molecule has 0 aliphatic heterocycles. The Morgan fingerprint density at radius 2 is 2.00 bits per heavy atom. The molecule has 3 nitrogen and oxygen atoms in total. The van der Waals surface area contributed by atoms with Gasteiger partial charge in [-0.15, -0.1) is 11.8 Å². The number of rotatable bonds is 4. The molecule has 1 aromatic heterocycles. The Morgan fingerprint density at radius 3 is 2.78 bits per heavy atom. The highest BCUT2D eigenvalue weighted by Gasteiger charge is 2.04. The minimum absolute atomic E-state index is 0.644. The van der Waals surface area contributed by atoms with Gasteiger partial charge in [0, 0.05) is 22.4 Å². The fourth-order valence-electron chi connectivity index (χ4n) is 1.58. The van der Waals surface area contributed by atoms with Crippen LogP contribution in [0.25, 0.3) is 0 Å². The lowest BCUT2D eigenvalue weighted by molar-refractivity contribution is 0.397. The third-order valence-corrected chi connectivity index (χ3v) is 3.76. The van der Waals surface area contributed by atoms with Crippen LogP contribution in [0.4, 0.5) is 5.69 Å². The SMILES string of the molecule is COc1cccc(CSc2cccc(C)c2N)n1. The molecule has 0 unspecified atom stereocenters. The van der Waals surface area contributed by atoms with Gasteiger partial charge in [0.25, 0.3) is 0 Å². The van der Waals surface area contributed by atoms with Gasteiger partial charge in [0.1, 0.15) is 0 Å².